The summed E-state index contributed by atoms with van der Waals surface area (Å²) in [6.07, 6.45) is -1.24. The van der Waals surface area contributed by atoms with Crippen molar-refractivity contribution in [2.45, 2.75) is 44.9 Å². The monoisotopic (exact) mass is 414 g/mol. The number of hydrogen-bond acceptors (Lipinski definition) is 3. The van der Waals surface area contributed by atoms with Crippen molar-refractivity contribution in [1.29, 1.82) is 0 Å². The van der Waals surface area contributed by atoms with E-state index >= 15 is 0 Å². The quantitative estimate of drug-likeness (QED) is 0.331. The summed E-state index contributed by atoms with van der Waals surface area (Å²) in [6, 6.07) is 6.23. The zero-order chi connectivity index (χ0) is 21.2. The second kappa shape index (κ2) is 8.39. The first-order valence-electron chi connectivity index (χ1n) is 9.19. The third-order valence-corrected chi connectivity index (χ3v) is 5.02. The Bertz CT molecular complexity index is 846. The van der Waals surface area contributed by atoms with Gasteiger partial charge in [0.2, 0.25) is 0 Å². The first-order valence-corrected chi connectivity index (χ1v) is 9.19. The third-order valence-electron chi connectivity index (χ3n) is 5.02. The molecule has 0 radical (unpaired) electrons. The number of benzene rings is 2. The average molecular weight is 414 g/mol. The molecule has 0 unspecified atom stereocenters. The largest absolute Gasteiger partial charge is 0.573 e. The summed E-state index contributed by atoms with van der Waals surface area (Å²) in [7, 11) is 0. The van der Waals surface area contributed by atoms with Gasteiger partial charge in [0.05, 0.1) is 0 Å². The van der Waals surface area contributed by atoms with E-state index in [4.69, 9.17) is 4.74 Å². The van der Waals surface area contributed by atoms with Gasteiger partial charge in [-0.05, 0) is 66.6 Å². The molecule has 1 aliphatic rings. The smallest absolute Gasteiger partial charge is 0.423 e. The highest BCUT2D eigenvalue weighted by atomic mass is 19.4. The van der Waals surface area contributed by atoms with E-state index in [9.17, 15) is 26.7 Å². The first-order chi connectivity index (χ1) is 13.6. The number of ether oxygens (including phenoxy) is 2. The number of rotatable bonds is 4. The number of esters is 1. The standard InChI is InChI=1S/C21H19F5O3/c1-12-2-4-13(5-3-12)14-10-17(22)19(18(23)11-14)20(27)28-15-6-8-16(9-7-15)29-21(24,25)26/h6-13H,2-5H2,1H3. The van der Waals surface area contributed by atoms with Crippen LogP contribution in [0.3, 0.4) is 0 Å². The van der Waals surface area contributed by atoms with Crippen LogP contribution in [0, 0.1) is 17.6 Å². The molecule has 0 aromatic heterocycles. The molecule has 0 amide bonds. The summed E-state index contributed by atoms with van der Waals surface area (Å²) in [5.41, 5.74) is -0.328. The van der Waals surface area contributed by atoms with E-state index in [2.05, 4.69) is 11.7 Å². The second-order valence-corrected chi connectivity index (χ2v) is 7.23. The summed E-state index contributed by atoms with van der Waals surface area (Å²) in [5, 5.41) is 0. The van der Waals surface area contributed by atoms with E-state index in [0.717, 1.165) is 62.1 Å². The minimum absolute atomic E-state index is 0.0430. The Morgan fingerprint density at radius 1 is 0.931 bits per heavy atom. The topological polar surface area (TPSA) is 35.5 Å². The molecule has 2 aromatic rings. The van der Waals surface area contributed by atoms with Gasteiger partial charge in [0.25, 0.3) is 0 Å². The fourth-order valence-corrected chi connectivity index (χ4v) is 3.48. The van der Waals surface area contributed by atoms with Crippen molar-refractivity contribution >= 4 is 5.97 Å². The molecule has 8 heteroatoms. The van der Waals surface area contributed by atoms with E-state index in [-0.39, 0.29) is 11.7 Å². The lowest BCUT2D eigenvalue weighted by molar-refractivity contribution is -0.274. The highest BCUT2D eigenvalue weighted by Crippen LogP contribution is 2.36. The summed E-state index contributed by atoms with van der Waals surface area (Å²) in [6.45, 7) is 2.14. The van der Waals surface area contributed by atoms with Crippen LogP contribution in [-0.4, -0.2) is 12.3 Å². The average Bonchev–Trinajstić information content (AvgIpc) is 2.62. The van der Waals surface area contributed by atoms with Gasteiger partial charge in [-0.3, -0.25) is 0 Å². The molecule has 3 nitrogen and oxygen atoms in total. The lowest BCUT2D eigenvalue weighted by atomic mass is 9.79. The molecule has 1 saturated carbocycles. The van der Waals surface area contributed by atoms with E-state index in [1.54, 1.807) is 0 Å². The Hall–Kier alpha value is -2.64. The lowest BCUT2D eigenvalue weighted by Crippen LogP contribution is -2.17. The molecule has 156 valence electrons. The predicted octanol–water partition coefficient (Wildman–Crippen LogP) is 6.38. The van der Waals surface area contributed by atoms with Crippen LogP contribution in [0.1, 0.15) is 54.4 Å². The maximum absolute atomic E-state index is 14.5. The van der Waals surface area contributed by atoms with Gasteiger partial charge in [0.1, 0.15) is 28.7 Å². The van der Waals surface area contributed by atoms with Crippen LogP contribution in [0.25, 0.3) is 0 Å². The number of halogens is 5. The number of alkyl halides is 3. The Balaban J connectivity index is 1.72. The lowest BCUT2D eigenvalue weighted by Gasteiger charge is -2.26. The van der Waals surface area contributed by atoms with Gasteiger partial charge in [0, 0.05) is 0 Å². The second-order valence-electron chi connectivity index (χ2n) is 7.23. The molecule has 0 N–H and O–H groups in total. The molecule has 0 saturated heterocycles. The fourth-order valence-electron chi connectivity index (χ4n) is 3.48. The molecule has 0 bridgehead atoms. The Morgan fingerprint density at radius 3 is 1.97 bits per heavy atom. The summed E-state index contributed by atoms with van der Waals surface area (Å²) in [5.74, 6) is -3.38. The number of carbonyl (C=O) groups excluding carboxylic acids is 1. The predicted molar refractivity (Wildman–Crippen MR) is 94.8 cm³/mol. The van der Waals surface area contributed by atoms with E-state index in [1.165, 1.54) is 0 Å². The van der Waals surface area contributed by atoms with Crippen LogP contribution < -0.4 is 9.47 Å². The van der Waals surface area contributed by atoms with Gasteiger partial charge in [-0.15, -0.1) is 13.2 Å². The van der Waals surface area contributed by atoms with E-state index in [0.29, 0.717) is 11.5 Å². The van der Waals surface area contributed by atoms with Crippen molar-refractivity contribution in [1.82, 2.24) is 0 Å². The highest BCUT2D eigenvalue weighted by molar-refractivity contribution is 5.91. The molecule has 1 aliphatic carbocycles. The van der Waals surface area contributed by atoms with Crippen LogP contribution in [0.15, 0.2) is 36.4 Å². The summed E-state index contributed by atoms with van der Waals surface area (Å²) < 4.78 is 74.0. The Morgan fingerprint density at radius 2 is 1.45 bits per heavy atom. The fraction of sp³-hybridized carbons (Fsp3) is 0.381. The van der Waals surface area contributed by atoms with Crippen LogP contribution in [-0.2, 0) is 0 Å². The minimum Gasteiger partial charge on any atom is -0.423 e. The molecule has 2 aromatic carbocycles. The van der Waals surface area contributed by atoms with E-state index in [1.807, 2.05) is 0 Å². The molecule has 1 fully saturated rings. The van der Waals surface area contributed by atoms with Crippen LogP contribution in [0.5, 0.6) is 11.5 Å². The van der Waals surface area contributed by atoms with Gasteiger partial charge >= 0.3 is 12.3 Å². The molecular weight excluding hydrogens is 395 g/mol. The van der Waals surface area contributed by atoms with Crippen molar-refractivity contribution in [2.75, 3.05) is 0 Å². The van der Waals surface area contributed by atoms with Gasteiger partial charge < -0.3 is 9.47 Å². The summed E-state index contributed by atoms with van der Waals surface area (Å²) >= 11 is 0. The van der Waals surface area contributed by atoms with E-state index < -0.39 is 35.3 Å². The number of hydrogen-bond donors (Lipinski definition) is 0. The Kier molecular flexibility index (Phi) is 6.10. The zero-order valence-corrected chi connectivity index (χ0v) is 15.6. The van der Waals surface area contributed by atoms with Crippen LogP contribution >= 0.6 is 0 Å². The van der Waals surface area contributed by atoms with Crippen molar-refractivity contribution in [3.8, 4) is 11.5 Å². The Labute approximate surface area is 164 Å². The van der Waals surface area contributed by atoms with Gasteiger partial charge in [-0.1, -0.05) is 19.8 Å². The summed E-state index contributed by atoms with van der Waals surface area (Å²) in [4.78, 5) is 12.2. The molecule has 0 atom stereocenters. The normalized spacial score (nSPS) is 19.7. The molecule has 0 spiro atoms. The zero-order valence-electron chi connectivity index (χ0n) is 15.6. The molecule has 29 heavy (non-hydrogen) atoms. The van der Waals surface area contributed by atoms with Crippen LogP contribution in [0.2, 0.25) is 0 Å². The molecule has 0 heterocycles. The van der Waals surface area contributed by atoms with Gasteiger partial charge in [-0.2, -0.15) is 0 Å². The van der Waals surface area contributed by atoms with Crippen molar-refractivity contribution in [2.24, 2.45) is 5.92 Å². The maximum Gasteiger partial charge on any atom is 0.573 e. The van der Waals surface area contributed by atoms with Gasteiger partial charge in [-0.25, -0.2) is 13.6 Å². The van der Waals surface area contributed by atoms with Crippen molar-refractivity contribution in [3.63, 3.8) is 0 Å². The van der Waals surface area contributed by atoms with Crippen molar-refractivity contribution < 1.29 is 36.2 Å². The van der Waals surface area contributed by atoms with Crippen LogP contribution in [0.4, 0.5) is 22.0 Å². The minimum atomic E-state index is -4.86. The van der Waals surface area contributed by atoms with Gasteiger partial charge in [0.15, 0.2) is 0 Å². The number of carbonyl (C=O) groups is 1. The third kappa shape index (κ3) is 5.46. The molecule has 0 aliphatic heterocycles. The SMILES string of the molecule is CC1CCC(c2cc(F)c(C(=O)Oc3ccc(OC(F)(F)F)cc3)c(F)c2)CC1. The first kappa shape index (κ1) is 21.1. The highest BCUT2D eigenvalue weighted by Gasteiger charge is 2.31. The molecular formula is C21H19F5O3. The van der Waals surface area contributed by atoms with Crippen molar-refractivity contribution in [3.05, 3.63) is 59.2 Å². The molecule has 3 rings (SSSR count). The maximum atomic E-state index is 14.5.